The number of hydrogen-bond acceptors (Lipinski definition) is 3. The van der Waals surface area contributed by atoms with Crippen molar-refractivity contribution < 1.29 is 9.90 Å². The predicted molar refractivity (Wildman–Crippen MR) is 87.1 cm³/mol. The van der Waals surface area contributed by atoms with Gasteiger partial charge < -0.3 is 14.9 Å². The molecule has 0 bridgehead atoms. The first-order valence-corrected chi connectivity index (χ1v) is 6.33. The standard InChI is InChI=1S/C15H22N2O2.BrH/c1-13(15(18)19)11-17(10-9-16(2)3)12-14-7-5-4-6-8-14;/h4-8,11H,9-10,12H2,1-3H3,(H,18,19);1H. The summed E-state index contributed by atoms with van der Waals surface area (Å²) in [6.07, 6.45) is 1.72. The second-order valence-corrected chi connectivity index (χ2v) is 4.88. The average Bonchev–Trinajstić information content (AvgIpc) is 2.37. The zero-order valence-corrected chi connectivity index (χ0v) is 14.0. The molecular formula is C15H23BrN2O2. The third-order valence-corrected chi connectivity index (χ3v) is 2.78. The molecule has 0 amide bonds. The van der Waals surface area contributed by atoms with Gasteiger partial charge in [-0.1, -0.05) is 30.3 Å². The highest BCUT2D eigenvalue weighted by Crippen LogP contribution is 2.07. The van der Waals surface area contributed by atoms with E-state index in [-0.39, 0.29) is 17.0 Å². The van der Waals surface area contributed by atoms with Crippen LogP contribution >= 0.6 is 17.0 Å². The molecule has 1 rings (SSSR count). The lowest BCUT2D eigenvalue weighted by molar-refractivity contribution is -0.132. The number of likely N-dealkylation sites (N-methyl/N-ethyl adjacent to an activating group) is 1. The normalized spacial score (nSPS) is 11.1. The van der Waals surface area contributed by atoms with Crippen LogP contribution in [0.2, 0.25) is 0 Å². The molecule has 0 unspecified atom stereocenters. The zero-order valence-electron chi connectivity index (χ0n) is 12.2. The average molecular weight is 343 g/mol. The molecule has 1 N–H and O–H groups in total. The van der Waals surface area contributed by atoms with E-state index in [4.69, 9.17) is 5.11 Å². The van der Waals surface area contributed by atoms with Gasteiger partial charge in [0.25, 0.3) is 0 Å². The van der Waals surface area contributed by atoms with Gasteiger partial charge in [0.05, 0.1) is 0 Å². The van der Waals surface area contributed by atoms with E-state index in [1.165, 1.54) is 5.56 Å². The molecule has 112 valence electrons. The number of carboxylic acids is 1. The van der Waals surface area contributed by atoms with E-state index in [0.717, 1.165) is 19.6 Å². The molecule has 0 aliphatic rings. The smallest absolute Gasteiger partial charge is 0.332 e. The molecule has 1 aromatic rings. The summed E-state index contributed by atoms with van der Waals surface area (Å²) < 4.78 is 0. The Labute approximate surface area is 131 Å². The van der Waals surface area contributed by atoms with Crippen LogP contribution in [-0.2, 0) is 11.3 Å². The Kier molecular flexibility index (Phi) is 8.92. The van der Waals surface area contributed by atoms with Crippen molar-refractivity contribution >= 4 is 23.0 Å². The molecule has 0 fully saturated rings. The molecule has 0 aliphatic carbocycles. The second-order valence-electron chi connectivity index (χ2n) is 4.88. The fourth-order valence-electron chi connectivity index (χ4n) is 1.66. The van der Waals surface area contributed by atoms with Crippen molar-refractivity contribution in [3.8, 4) is 0 Å². The summed E-state index contributed by atoms with van der Waals surface area (Å²) >= 11 is 0. The van der Waals surface area contributed by atoms with Crippen LogP contribution in [0.15, 0.2) is 42.1 Å². The lowest BCUT2D eigenvalue weighted by Crippen LogP contribution is -2.28. The van der Waals surface area contributed by atoms with Crippen LogP contribution < -0.4 is 0 Å². The fourth-order valence-corrected chi connectivity index (χ4v) is 1.66. The molecule has 1 aromatic carbocycles. The number of hydrogen-bond donors (Lipinski definition) is 1. The van der Waals surface area contributed by atoms with Gasteiger partial charge in [-0.25, -0.2) is 4.79 Å². The van der Waals surface area contributed by atoms with Gasteiger partial charge >= 0.3 is 5.97 Å². The van der Waals surface area contributed by atoms with Gasteiger partial charge in [0.2, 0.25) is 0 Å². The molecule has 0 atom stereocenters. The van der Waals surface area contributed by atoms with E-state index in [2.05, 4.69) is 4.90 Å². The number of carbonyl (C=O) groups is 1. The molecule has 0 spiro atoms. The lowest BCUT2D eigenvalue weighted by Gasteiger charge is -2.23. The highest BCUT2D eigenvalue weighted by atomic mass is 79.9. The Balaban J connectivity index is 0.00000361. The van der Waals surface area contributed by atoms with Gasteiger partial charge in [-0.3, -0.25) is 0 Å². The maximum Gasteiger partial charge on any atom is 0.332 e. The van der Waals surface area contributed by atoms with Crippen LogP contribution in [0.1, 0.15) is 12.5 Å². The summed E-state index contributed by atoms with van der Waals surface area (Å²) in [6, 6.07) is 10.1. The largest absolute Gasteiger partial charge is 0.478 e. The monoisotopic (exact) mass is 342 g/mol. The number of aliphatic carboxylic acids is 1. The Morgan fingerprint density at radius 2 is 1.80 bits per heavy atom. The van der Waals surface area contributed by atoms with E-state index in [0.29, 0.717) is 5.57 Å². The van der Waals surface area contributed by atoms with Gasteiger partial charge in [-0.05, 0) is 26.6 Å². The maximum absolute atomic E-state index is 10.9. The quantitative estimate of drug-likeness (QED) is 0.773. The maximum atomic E-state index is 10.9. The molecule has 0 aromatic heterocycles. The number of benzene rings is 1. The van der Waals surface area contributed by atoms with Gasteiger partial charge in [-0.2, -0.15) is 0 Å². The van der Waals surface area contributed by atoms with E-state index >= 15 is 0 Å². The van der Waals surface area contributed by atoms with Crippen molar-refractivity contribution in [1.29, 1.82) is 0 Å². The summed E-state index contributed by atoms with van der Waals surface area (Å²) in [4.78, 5) is 15.0. The van der Waals surface area contributed by atoms with Crippen LogP contribution in [0.25, 0.3) is 0 Å². The van der Waals surface area contributed by atoms with E-state index in [1.54, 1.807) is 13.1 Å². The van der Waals surface area contributed by atoms with Gasteiger partial charge in [-0.15, -0.1) is 17.0 Å². The van der Waals surface area contributed by atoms with Gasteiger partial charge in [0, 0.05) is 31.4 Å². The van der Waals surface area contributed by atoms with E-state index in [1.807, 2.05) is 49.3 Å². The number of halogens is 1. The van der Waals surface area contributed by atoms with Gasteiger partial charge in [0.1, 0.15) is 0 Å². The van der Waals surface area contributed by atoms with Crippen molar-refractivity contribution in [2.24, 2.45) is 0 Å². The van der Waals surface area contributed by atoms with Crippen LogP contribution in [0.5, 0.6) is 0 Å². The molecular weight excluding hydrogens is 320 g/mol. The zero-order chi connectivity index (χ0) is 14.3. The van der Waals surface area contributed by atoms with Crippen molar-refractivity contribution in [2.45, 2.75) is 13.5 Å². The molecule has 0 saturated carbocycles. The van der Waals surface area contributed by atoms with Crippen molar-refractivity contribution in [3.05, 3.63) is 47.7 Å². The van der Waals surface area contributed by atoms with Gasteiger partial charge in [0.15, 0.2) is 0 Å². The third kappa shape index (κ3) is 7.31. The Hall–Kier alpha value is -1.33. The first-order valence-electron chi connectivity index (χ1n) is 6.33. The highest BCUT2D eigenvalue weighted by molar-refractivity contribution is 8.93. The van der Waals surface area contributed by atoms with Crippen LogP contribution in [0.3, 0.4) is 0 Å². The SMILES string of the molecule is Br.CC(=CN(CCN(C)C)Cc1ccccc1)C(=O)O. The minimum absolute atomic E-state index is 0. The molecule has 20 heavy (non-hydrogen) atoms. The number of carboxylic acid groups (broad SMARTS) is 1. The number of nitrogens with zero attached hydrogens (tertiary/aromatic N) is 2. The van der Waals surface area contributed by atoms with E-state index in [9.17, 15) is 4.79 Å². The van der Waals surface area contributed by atoms with Crippen molar-refractivity contribution in [2.75, 3.05) is 27.2 Å². The van der Waals surface area contributed by atoms with Crippen LogP contribution in [0.4, 0.5) is 0 Å². The molecule has 0 saturated heterocycles. The Morgan fingerprint density at radius 3 is 2.30 bits per heavy atom. The highest BCUT2D eigenvalue weighted by Gasteiger charge is 2.06. The van der Waals surface area contributed by atoms with E-state index < -0.39 is 5.97 Å². The molecule has 4 nitrogen and oxygen atoms in total. The first kappa shape index (κ1) is 18.7. The minimum Gasteiger partial charge on any atom is -0.478 e. The molecule has 5 heteroatoms. The predicted octanol–water partition coefficient (Wildman–Crippen LogP) is 2.62. The third-order valence-electron chi connectivity index (χ3n) is 2.78. The topological polar surface area (TPSA) is 43.8 Å². The van der Waals surface area contributed by atoms with Crippen LogP contribution in [-0.4, -0.2) is 48.1 Å². The summed E-state index contributed by atoms with van der Waals surface area (Å²) in [5, 5.41) is 8.97. The molecule has 0 radical (unpaired) electrons. The molecule has 0 aliphatic heterocycles. The van der Waals surface area contributed by atoms with Crippen molar-refractivity contribution in [3.63, 3.8) is 0 Å². The fraction of sp³-hybridized carbons (Fsp3) is 0.400. The van der Waals surface area contributed by atoms with Crippen LogP contribution in [0, 0.1) is 0 Å². The van der Waals surface area contributed by atoms with Crippen molar-refractivity contribution in [1.82, 2.24) is 9.80 Å². The minimum atomic E-state index is -0.872. The Bertz CT molecular complexity index is 433. The summed E-state index contributed by atoms with van der Waals surface area (Å²) in [5.41, 5.74) is 1.53. The summed E-state index contributed by atoms with van der Waals surface area (Å²) in [5.74, 6) is -0.872. The second kappa shape index (κ2) is 9.55. The summed E-state index contributed by atoms with van der Waals surface area (Å²) in [7, 11) is 4.02. The molecule has 0 heterocycles. The first-order chi connectivity index (χ1) is 8.99. The Morgan fingerprint density at radius 1 is 1.20 bits per heavy atom. The number of rotatable bonds is 7. The lowest BCUT2D eigenvalue weighted by atomic mass is 10.2. The summed E-state index contributed by atoms with van der Waals surface area (Å²) in [6.45, 7) is 4.03.